The molecular weight excluding hydrogens is 459 g/mol. The summed E-state index contributed by atoms with van der Waals surface area (Å²) in [6, 6.07) is 5.66. The van der Waals surface area contributed by atoms with Crippen molar-refractivity contribution in [2.24, 2.45) is 0 Å². The zero-order valence-electron chi connectivity index (χ0n) is 14.4. The van der Waals surface area contributed by atoms with Gasteiger partial charge in [0.2, 0.25) is 5.91 Å². The number of halogens is 3. The number of carbonyl (C=O) groups is 1. The molecule has 1 N–H and O–H groups in total. The smallest absolute Gasteiger partial charge is 0.358 e. The number of anilines is 1. The van der Waals surface area contributed by atoms with Crippen molar-refractivity contribution in [3.8, 4) is 0 Å². The van der Waals surface area contributed by atoms with Gasteiger partial charge >= 0.3 is 5.82 Å². The Morgan fingerprint density at radius 1 is 1.43 bits per heavy atom. The zero-order chi connectivity index (χ0) is 20.4. The molecule has 2 aromatic heterocycles. The van der Waals surface area contributed by atoms with Gasteiger partial charge in [-0.1, -0.05) is 17.7 Å². The monoisotopic (exact) mass is 470 g/mol. The second-order valence-electron chi connectivity index (χ2n) is 5.83. The molecule has 2 heterocycles. The lowest BCUT2D eigenvalue weighted by Gasteiger charge is -2.06. The van der Waals surface area contributed by atoms with Crippen LogP contribution in [-0.4, -0.2) is 30.4 Å². The first-order chi connectivity index (χ1) is 13.2. The molecule has 0 atom stereocenters. The third-order valence-corrected chi connectivity index (χ3v) is 4.74. The topological polar surface area (TPSA) is 108 Å². The van der Waals surface area contributed by atoms with Crippen molar-refractivity contribution in [2.45, 2.75) is 20.0 Å². The maximum Gasteiger partial charge on any atom is 0.390 e. The van der Waals surface area contributed by atoms with Gasteiger partial charge in [0.05, 0.1) is 27.9 Å². The Kier molecular flexibility index (Phi) is 5.75. The number of hydrogen-bond acceptors (Lipinski definition) is 5. The van der Waals surface area contributed by atoms with Crippen LogP contribution < -0.4 is 5.32 Å². The van der Waals surface area contributed by atoms with Gasteiger partial charge in [0.25, 0.3) is 0 Å². The molecule has 12 heteroatoms. The highest BCUT2D eigenvalue weighted by atomic mass is 79.9. The quantitative estimate of drug-likeness (QED) is 0.437. The van der Waals surface area contributed by atoms with Crippen molar-refractivity contribution in [3.05, 3.63) is 67.1 Å². The lowest BCUT2D eigenvalue weighted by atomic mass is 10.2. The van der Waals surface area contributed by atoms with E-state index >= 15 is 0 Å². The summed E-state index contributed by atoms with van der Waals surface area (Å²) in [4.78, 5) is 22.4. The van der Waals surface area contributed by atoms with Crippen molar-refractivity contribution >= 4 is 45.1 Å². The second kappa shape index (κ2) is 8.07. The molecule has 0 aliphatic rings. The number of nitro groups is 1. The highest BCUT2D eigenvalue weighted by Gasteiger charge is 2.19. The highest BCUT2D eigenvalue weighted by molar-refractivity contribution is 9.10. The molecule has 0 fully saturated rings. The Morgan fingerprint density at radius 2 is 2.18 bits per heavy atom. The van der Waals surface area contributed by atoms with E-state index in [1.165, 1.54) is 27.6 Å². The molecule has 0 saturated heterocycles. The summed E-state index contributed by atoms with van der Waals surface area (Å²) in [6.45, 7) is 1.46. The Hall–Kier alpha value is -2.79. The van der Waals surface area contributed by atoms with Crippen molar-refractivity contribution in [3.63, 3.8) is 0 Å². The maximum atomic E-state index is 13.9. The fourth-order valence-electron chi connectivity index (χ4n) is 2.46. The second-order valence-corrected chi connectivity index (χ2v) is 7.09. The minimum absolute atomic E-state index is 0.0738. The standard InChI is InChI=1S/C16H13BrClFN6O3/c1-9-5-14(25(27)28)21-24(9)8-15(26)20-16-11(17)7-23(22-16)6-10-12(18)3-2-4-13(10)19/h2-5,7H,6,8H2,1H3,(H,20,22,26). The fourth-order valence-corrected chi connectivity index (χ4v) is 3.10. The first kappa shape index (κ1) is 20.0. The van der Waals surface area contributed by atoms with Gasteiger partial charge in [-0.05, 0) is 39.9 Å². The average Bonchev–Trinajstić information content (AvgIpc) is 3.14. The lowest BCUT2D eigenvalue weighted by molar-refractivity contribution is -0.389. The van der Waals surface area contributed by atoms with Gasteiger partial charge in [-0.2, -0.15) is 9.78 Å². The van der Waals surface area contributed by atoms with Crippen molar-refractivity contribution < 1.29 is 14.1 Å². The predicted octanol–water partition coefficient (Wildman–Crippen LogP) is 3.54. The number of carbonyl (C=O) groups excluding carboxylic acids is 1. The summed E-state index contributed by atoms with van der Waals surface area (Å²) in [7, 11) is 0. The van der Waals surface area contributed by atoms with Gasteiger partial charge < -0.3 is 15.4 Å². The van der Waals surface area contributed by atoms with E-state index in [0.29, 0.717) is 10.2 Å². The summed E-state index contributed by atoms with van der Waals surface area (Å²) >= 11 is 9.30. The van der Waals surface area contributed by atoms with Crippen molar-refractivity contribution in [2.75, 3.05) is 5.32 Å². The normalized spacial score (nSPS) is 10.9. The Balaban J connectivity index is 1.71. The molecule has 146 valence electrons. The minimum Gasteiger partial charge on any atom is -0.358 e. The first-order valence-corrected chi connectivity index (χ1v) is 9.06. The number of amides is 1. The molecule has 28 heavy (non-hydrogen) atoms. The third-order valence-electron chi connectivity index (χ3n) is 3.81. The zero-order valence-corrected chi connectivity index (χ0v) is 16.7. The van der Waals surface area contributed by atoms with E-state index in [-0.39, 0.29) is 35.3 Å². The van der Waals surface area contributed by atoms with Crippen LogP contribution in [0.15, 0.2) is 34.9 Å². The number of rotatable bonds is 6. The first-order valence-electron chi connectivity index (χ1n) is 7.89. The molecule has 1 amide bonds. The molecule has 0 saturated carbocycles. The fraction of sp³-hybridized carbons (Fsp3) is 0.188. The molecule has 3 rings (SSSR count). The Labute approximate surface area is 171 Å². The van der Waals surface area contributed by atoms with Crippen LogP contribution in [0.4, 0.5) is 16.0 Å². The number of nitrogens with one attached hydrogen (secondary N) is 1. The van der Waals surface area contributed by atoms with Crippen LogP contribution in [0.1, 0.15) is 11.3 Å². The van der Waals surface area contributed by atoms with E-state index in [2.05, 4.69) is 31.4 Å². The van der Waals surface area contributed by atoms with Gasteiger partial charge in [-0.15, -0.1) is 0 Å². The molecular formula is C16H13BrClFN6O3. The summed E-state index contributed by atoms with van der Waals surface area (Å²) in [5.74, 6) is -1.05. The summed E-state index contributed by atoms with van der Waals surface area (Å²) in [6.07, 6.45) is 1.57. The number of nitrogens with zero attached hydrogens (tertiary/aromatic N) is 5. The van der Waals surface area contributed by atoms with E-state index in [0.717, 1.165) is 0 Å². The van der Waals surface area contributed by atoms with E-state index < -0.39 is 16.6 Å². The SMILES string of the molecule is Cc1cc([N+](=O)[O-])nn1CC(=O)Nc1nn(Cc2c(F)cccc2Cl)cc1Br. The van der Waals surface area contributed by atoms with E-state index in [1.807, 2.05) is 0 Å². The molecule has 0 bridgehead atoms. The molecule has 1 aromatic carbocycles. The molecule has 0 aliphatic heterocycles. The minimum atomic E-state index is -0.631. The largest absolute Gasteiger partial charge is 0.390 e. The molecule has 0 unspecified atom stereocenters. The van der Waals surface area contributed by atoms with E-state index in [4.69, 9.17) is 11.6 Å². The Bertz CT molecular complexity index is 1050. The van der Waals surface area contributed by atoms with Crippen LogP contribution in [0.5, 0.6) is 0 Å². The molecule has 0 spiro atoms. The van der Waals surface area contributed by atoms with Crippen LogP contribution in [0, 0.1) is 22.9 Å². The summed E-state index contributed by atoms with van der Waals surface area (Å²) in [5.41, 5.74) is 0.747. The van der Waals surface area contributed by atoms with Crippen LogP contribution in [-0.2, 0) is 17.9 Å². The molecule has 9 nitrogen and oxygen atoms in total. The van der Waals surface area contributed by atoms with Gasteiger partial charge in [0.1, 0.15) is 12.4 Å². The average molecular weight is 472 g/mol. The van der Waals surface area contributed by atoms with E-state index in [1.54, 1.807) is 19.2 Å². The van der Waals surface area contributed by atoms with Gasteiger partial charge in [0.15, 0.2) is 5.82 Å². The van der Waals surface area contributed by atoms with E-state index in [9.17, 15) is 19.3 Å². The van der Waals surface area contributed by atoms with Crippen molar-refractivity contribution in [1.29, 1.82) is 0 Å². The van der Waals surface area contributed by atoms with Gasteiger partial charge in [-0.25, -0.2) is 4.39 Å². The predicted molar refractivity (Wildman–Crippen MR) is 103 cm³/mol. The van der Waals surface area contributed by atoms with Crippen molar-refractivity contribution in [1.82, 2.24) is 19.6 Å². The molecule has 3 aromatic rings. The number of benzene rings is 1. The lowest BCUT2D eigenvalue weighted by Crippen LogP contribution is -2.21. The molecule has 0 aliphatic carbocycles. The molecule has 0 radical (unpaired) electrons. The number of aromatic nitrogens is 4. The summed E-state index contributed by atoms with van der Waals surface area (Å²) < 4.78 is 17.1. The number of hydrogen-bond donors (Lipinski definition) is 1. The van der Waals surface area contributed by atoms with Crippen LogP contribution in [0.25, 0.3) is 0 Å². The summed E-state index contributed by atoms with van der Waals surface area (Å²) in [5, 5.41) is 21.6. The van der Waals surface area contributed by atoms with Gasteiger partial charge in [0, 0.05) is 16.8 Å². The maximum absolute atomic E-state index is 13.9. The number of aryl methyl sites for hydroxylation is 1. The highest BCUT2D eigenvalue weighted by Crippen LogP contribution is 2.24. The third kappa shape index (κ3) is 4.37. The Morgan fingerprint density at radius 3 is 2.82 bits per heavy atom. The van der Waals surface area contributed by atoms with Crippen LogP contribution in [0.3, 0.4) is 0 Å². The van der Waals surface area contributed by atoms with Gasteiger partial charge in [-0.3, -0.25) is 9.48 Å². The van der Waals surface area contributed by atoms with Crippen LogP contribution >= 0.6 is 27.5 Å². The van der Waals surface area contributed by atoms with Crippen LogP contribution in [0.2, 0.25) is 5.02 Å².